The molecule has 1 fully saturated rings. The van der Waals surface area contributed by atoms with Crippen molar-refractivity contribution in [3.8, 4) is 5.88 Å². The Hall–Kier alpha value is -2.65. The number of aromatic amines is 1. The van der Waals surface area contributed by atoms with Crippen LogP contribution in [0.5, 0.6) is 5.88 Å². The summed E-state index contributed by atoms with van der Waals surface area (Å²) in [6.07, 6.45) is -6.53. The van der Waals surface area contributed by atoms with Gasteiger partial charge >= 0.3 is 0 Å². The van der Waals surface area contributed by atoms with Crippen molar-refractivity contribution in [1.29, 1.82) is 0 Å². The van der Waals surface area contributed by atoms with Gasteiger partial charge in [0.15, 0.2) is 6.17 Å². The number of benzene rings is 1. The van der Waals surface area contributed by atoms with Crippen molar-refractivity contribution in [1.82, 2.24) is 15.5 Å². The zero-order valence-corrected chi connectivity index (χ0v) is 22.7. The van der Waals surface area contributed by atoms with Gasteiger partial charge in [0.25, 0.3) is 0 Å². The van der Waals surface area contributed by atoms with E-state index >= 15 is 0 Å². The van der Waals surface area contributed by atoms with Crippen molar-refractivity contribution in [2.24, 2.45) is 0 Å². The third-order valence-electron chi connectivity index (χ3n) is 7.05. The molecule has 0 aliphatic carbocycles. The first-order valence-electron chi connectivity index (χ1n) is 13.3. The first-order valence-corrected chi connectivity index (χ1v) is 13.3. The molecule has 0 saturated carbocycles. The van der Waals surface area contributed by atoms with Gasteiger partial charge in [-0.1, -0.05) is 38.1 Å². The Morgan fingerprint density at radius 3 is 2.30 bits per heavy atom. The Labute approximate surface area is 231 Å². The van der Waals surface area contributed by atoms with Gasteiger partial charge in [-0.25, -0.2) is 4.39 Å². The largest absolute Gasteiger partial charge is 0.443 e. The second-order valence-electron chi connectivity index (χ2n) is 10.5. The average molecular weight is 570 g/mol. The summed E-state index contributed by atoms with van der Waals surface area (Å²) in [6.45, 7) is 1.51. The molecule has 1 aromatic carbocycles. The zero-order chi connectivity index (χ0) is 29.4. The maximum atomic E-state index is 14.1. The van der Waals surface area contributed by atoms with Gasteiger partial charge < -0.3 is 45.4 Å². The van der Waals surface area contributed by atoms with Crippen LogP contribution in [0.25, 0.3) is 0 Å². The van der Waals surface area contributed by atoms with Crippen molar-refractivity contribution in [3.05, 3.63) is 46.6 Å². The van der Waals surface area contributed by atoms with Crippen LogP contribution < -0.4 is 10.1 Å². The number of aromatic nitrogens is 2. The van der Waals surface area contributed by atoms with E-state index in [0.717, 1.165) is 16.8 Å². The minimum Gasteiger partial charge on any atom is -0.443 e. The third-order valence-corrected chi connectivity index (χ3v) is 7.05. The molecule has 5 atom stereocenters. The van der Waals surface area contributed by atoms with Gasteiger partial charge in [-0.15, -0.1) is 5.10 Å². The van der Waals surface area contributed by atoms with Gasteiger partial charge in [0.2, 0.25) is 18.1 Å². The molecule has 1 aromatic heterocycles. The summed E-state index contributed by atoms with van der Waals surface area (Å²) >= 11 is 0. The minimum atomic E-state index is -1.96. The normalized spacial score (nSPS) is 23.4. The van der Waals surface area contributed by atoms with Crippen LogP contribution in [0.1, 0.15) is 55.0 Å². The Bertz CT molecular complexity index is 1070. The number of hydrogen-bond acceptors (Lipinski definition) is 10. The van der Waals surface area contributed by atoms with Crippen LogP contribution in [-0.2, 0) is 22.4 Å². The molecule has 1 aliphatic rings. The molecular weight excluding hydrogens is 529 g/mol. The molecule has 8 N–H and O–H groups in total. The van der Waals surface area contributed by atoms with Crippen LogP contribution in [-0.4, -0.2) is 109 Å². The molecule has 224 valence electrons. The quantitative estimate of drug-likeness (QED) is 0.146. The van der Waals surface area contributed by atoms with E-state index in [9.17, 15) is 39.8 Å². The number of nitrogens with zero attached hydrogens (tertiary/aromatic N) is 1. The molecule has 0 spiro atoms. The van der Waals surface area contributed by atoms with E-state index in [2.05, 4.69) is 15.5 Å². The monoisotopic (exact) mass is 569 g/mol. The lowest BCUT2D eigenvalue weighted by Gasteiger charge is -2.38. The molecule has 0 radical (unpaired) electrons. The second-order valence-corrected chi connectivity index (χ2v) is 10.5. The van der Waals surface area contributed by atoms with E-state index in [1.807, 2.05) is 38.1 Å². The maximum absolute atomic E-state index is 14.1. The van der Waals surface area contributed by atoms with Crippen LogP contribution >= 0.6 is 0 Å². The van der Waals surface area contributed by atoms with Crippen molar-refractivity contribution in [3.63, 3.8) is 0 Å². The Morgan fingerprint density at radius 2 is 1.73 bits per heavy atom. The van der Waals surface area contributed by atoms with E-state index in [1.165, 1.54) is 0 Å². The number of carbonyl (C=O) groups is 1. The van der Waals surface area contributed by atoms with Crippen molar-refractivity contribution in [2.45, 2.75) is 81.8 Å². The molecule has 0 bridgehead atoms. The standard InChI is InChI=1S/C27H40FN3O9/c1-15(2)22-18(25(31-30-22)40-26-24(38)23(37)21(28)19(11-32)39-26)10-17-8-6-16(7-9-17)4-3-5-20(36)29-27(12-33,13-34)14-35/h6-9,15,19,21,23-24,26,32-35,37-38H,3-5,10-14H2,1-2H3,(H,29,36)(H,30,31). The Morgan fingerprint density at radius 1 is 1.10 bits per heavy atom. The number of hydrogen-bond donors (Lipinski definition) is 8. The number of ether oxygens (including phenoxy) is 2. The van der Waals surface area contributed by atoms with E-state index < -0.39 is 62.7 Å². The molecule has 1 amide bonds. The molecule has 12 nitrogen and oxygen atoms in total. The summed E-state index contributed by atoms with van der Waals surface area (Å²) in [7, 11) is 0. The molecule has 2 heterocycles. The number of aryl methyl sites for hydroxylation is 1. The minimum absolute atomic E-state index is 0.0507. The summed E-state index contributed by atoms with van der Waals surface area (Å²) in [5.41, 5.74) is 1.97. The number of nitrogens with one attached hydrogen (secondary N) is 2. The second kappa shape index (κ2) is 14.3. The lowest BCUT2D eigenvalue weighted by atomic mass is 9.98. The summed E-state index contributed by atoms with van der Waals surface area (Å²) in [5.74, 6) is -0.196. The molecular formula is C27H40FN3O9. The van der Waals surface area contributed by atoms with E-state index in [-0.39, 0.29) is 24.1 Å². The highest BCUT2D eigenvalue weighted by molar-refractivity contribution is 5.76. The number of amides is 1. The van der Waals surface area contributed by atoms with Crippen LogP contribution in [0.4, 0.5) is 4.39 Å². The number of alkyl halides is 1. The first kappa shape index (κ1) is 31.9. The third kappa shape index (κ3) is 7.55. The Kier molecular flexibility index (Phi) is 11.4. The summed E-state index contributed by atoms with van der Waals surface area (Å²) < 4.78 is 25.2. The van der Waals surface area contributed by atoms with Crippen molar-refractivity contribution in [2.75, 3.05) is 26.4 Å². The lowest BCUT2D eigenvalue weighted by Crippen LogP contribution is -2.58. The molecule has 13 heteroatoms. The van der Waals surface area contributed by atoms with Gasteiger partial charge in [-0.2, -0.15) is 0 Å². The van der Waals surface area contributed by atoms with Gasteiger partial charge in [0.1, 0.15) is 23.9 Å². The van der Waals surface area contributed by atoms with Crippen molar-refractivity contribution >= 4 is 5.91 Å². The number of halogens is 1. The van der Waals surface area contributed by atoms with Gasteiger partial charge in [-0.3, -0.25) is 9.89 Å². The fraction of sp³-hybridized carbons (Fsp3) is 0.630. The van der Waals surface area contributed by atoms with Gasteiger partial charge in [0, 0.05) is 24.1 Å². The maximum Gasteiger partial charge on any atom is 0.238 e. The van der Waals surface area contributed by atoms with Gasteiger partial charge in [0.05, 0.1) is 26.4 Å². The smallest absolute Gasteiger partial charge is 0.238 e. The number of aliphatic hydroxyl groups is 6. The van der Waals surface area contributed by atoms with Crippen LogP contribution in [0.2, 0.25) is 0 Å². The molecule has 1 saturated heterocycles. The highest BCUT2D eigenvalue weighted by Crippen LogP contribution is 2.31. The molecule has 2 aromatic rings. The van der Waals surface area contributed by atoms with Crippen LogP contribution in [0.15, 0.2) is 24.3 Å². The molecule has 3 rings (SSSR count). The predicted octanol–water partition coefficient (Wildman–Crippen LogP) is -0.566. The molecule has 5 unspecified atom stereocenters. The number of carbonyl (C=O) groups excluding carboxylic acids is 1. The summed E-state index contributed by atoms with van der Waals surface area (Å²) in [4.78, 5) is 12.2. The summed E-state index contributed by atoms with van der Waals surface area (Å²) in [6, 6.07) is 7.71. The highest BCUT2D eigenvalue weighted by atomic mass is 19.1. The average Bonchev–Trinajstić information content (AvgIpc) is 3.35. The lowest BCUT2D eigenvalue weighted by molar-refractivity contribution is -0.265. The van der Waals surface area contributed by atoms with Crippen molar-refractivity contribution < 1.29 is 49.3 Å². The number of H-pyrrole nitrogens is 1. The predicted molar refractivity (Wildman–Crippen MR) is 140 cm³/mol. The van der Waals surface area contributed by atoms with E-state index in [4.69, 9.17) is 9.47 Å². The number of rotatable bonds is 14. The molecule has 40 heavy (non-hydrogen) atoms. The molecule has 1 aliphatic heterocycles. The van der Waals surface area contributed by atoms with Crippen LogP contribution in [0.3, 0.4) is 0 Å². The zero-order valence-electron chi connectivity index (χ0n) is 22.7. The van der Waals surface area contributed by atoms with Crippen LogP contribution in [0, 0.1) is 0 Å². The SMILES string of the molecule is CC(C)c1[nH]nc(OC2OC(CO)C(F)C(O)C2O)c1Cc1ccc(CCCC(=O)NC(CO)(CO)CO)cc1. The Balaban J connectivity index is 1.64. The fourth-order valence-corrected chi connectivity index (χ4v) is 4.46. The number of aliphatic hydroxyl groups excluding tert-OH is 6. The van der Waals surface area contributed by atoms with E-state index in [1.54, 1.807) is 0 Å². The highest BCUT2D eigenvalue weighted by Gasteiger charge is 2.46. The topological polar surface area (TPSA) is 198 Å². The first-order chi connectivity index (χ1) is 19.1. The van der Waals surface area contributed by atoms with Gasteiger partial charge in [-0.05, 0) is 29.9 Å². The van der Waals surface area contributed by atoms with E-state index in [0.29, 0.717) is 24.8 Å². The summed E-state index contributed by atoms with van der Waals surface area (Å²) in [5, 5.41) is 67.4. The fourth-order valence-electron chi connectivity index (χ4n) is 4.46.